The zero-order chi connectivity index (χ0) is 41.4. The van der Waals surface area contributed by atoms with E-state index in [1.54, 1.807) is 4.90 Å². The summed E-state index contributed by atoms with van der Waals surface area (Å²) in [5.74, 6) is -0.791. The molecule has 328 valence electrons. The lowest BCUT2D eigenvalue weighted by atomic mass is 9.94. The summed E-state index contributed by atoms with van der Waals surface area (Å²) in [7, 11) is 0. The van der Waals surface area contributed by atoms with E-state index in [4.69, 9.17) is 9.47 Å². The molecule has 0 aliphatic carbocycles. The van der Waals surface area contributed by atoms with Gasteiger partial charge in [-0.25, -0.2) is 4.79 Å². The Morgan fingerprint density at radius 3 is 1.63 bits per heavy atom. The molecule has 1 aliphatic rings. The highest BCUT2D eigenvalue weighted by Gasteiger charge is 2.48. The van der Waals surface area contributed by atoms with Crippen molar-refractivity contribution in [3.05, 3.63) is 35.9 Å². The summed E-state index contributed by atoms with van der Waals surface area (Å²) in [4.78, 5) is 41.0. The quantitative estimate of drug-likeness (QED) is 0.0433. The Labute approximate surface area is 345 Å². The van der Waals surface area contributed by atoms with Gasteiger partial charge in [0.2, 0.25) is 11.8 Å². The molecule has 0 spiro atoms. The highest BCUT2D eigenvalue weighted by Crippen LogP contribution is 2.26. The first-order valence-electron chi connectivity index (χ1n) is 23.0. The maximum absolute atomic E-state index is 13.9. The molecule has 0 radical (unpaired) electrons. The van der Waals surface area contributed by atoms with Crippen LogP contribution in [0, 0.1) is 0 Å². The largest absolute Gasteiger partial charge is 0.445 e. The summed E-state index contributed by atoms with van der Waals surface area (Å²) in [6.45, 7) is 3.86. The number of amides is 3. The van der Waals surface area contributed by atoms with Crippen molar-refractivity contribution in [2.75, 3.05) is 19.7 Å². The normalized spacial score (nSPS) is 19.3. The minimum atomic E-state index is -1.52. The predicted octanol–water partition coefficient (Wildman–Crippen LogP) is 8.85. The minimum absolute atomic E-state index is 0.0374. The number of nitrogens with one attached hydrogen (secondary N) is 2. The number of aliphatic hydroxyl groups excluding tert-OH is 3. The van der Waals surface area contributed by atoms with Crippen LogP contribution < -0.4 is 10.6 Å². The molecule has 11 nitrogen and oxygen atoms in total. The Balaban J connectivity index is 1.95. The molecule has 11 heteroatoms. The molecule has 0 bridgehead atoms. The maximum atomic E-state index is 13.9. The van der Waals surface area contributed by atoms with Gasteiger partial charge in [-0.15, -0.1) is 0 Å². The zero-order valence-electron chi connectivity index (χ0n) is 35.8. The van der Waals surface area contributed by atoms with Gasteiger partial charge in [0.25, 0.3) is 0 Å². The van der Waals surface area contributed by atoms with E-state index in [2.05, 4.69) is 24.5 Å². The number of benzene rings is 1. The second kappa shape index (κ2) is 33.1. The molecule has 5 N–H and O–H groups in total. The third kappa shape index (κ3) is 22.9. The van der Waals surface area contributed by atoms with Crippen molar-refractivity contribution in [3.63, 3.8) is 0 Å². The molecule has 5 atom stereocenters. The van der Waals surface area contributed by atoms with Gasteiger partial charge in [-0.2, -0.15) is 0 Å². The van der Waals surface area contributed by atoms with Gasteiger partial charge in [0.1, 0.15) is 37.5 Å². The van der Waals surface area contributed by atoms with E-state index >= 15 is 0 Å². The van der Waals surface area contributed by atoms with Crippen LogP contribution in [0.5, 0.6) is 0 Å². The average molecular weight is 804 g/mol. The van der Waals surface area contributed by atoms with Crippen LogP contribution in [-0.4, -0.2) is 88.4 Å². The lowest BCUT2D eigenvalue weighted by molar-refractivity contribution is -0.231. The van der Waals surface area contributed by atoms with Gasteiger partial charge in [0, 0.05) is 13.0 Å². The first kappa shape index (κ1) is 50.4. The number of alkyl carbamates (subject to hydrolysis) is 1. The Morgan fingerprint density at radius 1 is 0.667 bits per heavy atom. The van der Waals surface area contributed by atoms with Crippen molar-refractivity contribution in [1.29, 1.82) is 0 Å². The number of rotatable bonds is 34. The fraction of sp³-hybridized carbons (Fsp3) is 0.804. The molecule has 1 aliphatic heterocycles. The SMILES string of the molecule is CCCCCCCCCCCCCCCCN(C(=O)CCCCCCCCCCCCC)[C@@H]1O[C@H](CO)[C@@H](O)[C@H](O)[C@H]1NC(=O)CNC(=O)OCc1ccccc1. The number of carbonyl (C=O) groups excluding carboxylic acids is 3. The van der Waals surface area contributed by atoms with Gasteiger partial charge in [-0.1, -0.05) is 192 Å². The van der Waals surface area contributed by atoms with Gasteiger partial charge >= 0.3 is 6.09 Å². The van der Waals surface area contributed by atoms with Crippen LogP contribution in [-0.2, 0) is 25.7 Å². The van der Waals surface area contributed by atoms with Crippen LogP contribution in [0.15, 0.2) is 30.3 Å². The number of ether oxygens (including phenoxy) is 2. The van der Waals surface area contributed by atoms with Crippen LogP contribution in [0.25, 0.3) is 0 Å². The molecule has 3 amide bonds. The number of aliphatic hydroxyl groups is 3. The molecule has 0 saturated carbocycles. The van der Waals surface area contributed by atoms with Crippen LogP contribution >= 0.6 is 0 Å². The molecule has 0 aromatic heterocycles. The average Bonchev–Trinajstić information content (AvgIpc) is 3.22. The van der Waals surface area contributed by atoms with E-state index < -0.39 is 55.7 Å². The van der Waals surface area contributed by atoms with Gasteiger partial charge < -0.3 is 40.3 Å². The van der Waals surface area contributed by atoms with Gasteiger partial charge in [0.05, 0.1) is 6.61 Å². The monoisotopic (exact) mass is 804 g/mol. The molecule has 1 saturated heterocycles. The standard InChI is InChI=1S/C46H81N3O8/c1-3-5-7-9-11-13-15-16-17-19-21-23-25-30-34-49(41(52)33-29-24-22-20-18-14-12-10-8-6-4-2)45-42(44(54)43(53)39(36-50)57-45)48-40(51)35-47-46(55)56-37-38-31-27-26-28-32-38/h26-28,31-32,39,42-45,50,53-54H,3-25,29-30,33-37H2,1-2H3,(H,47,55)(H,48,51)/t39-,42-,43-,44-,45-/m1/s1. The van der Waals surface area contributed by atoms with Gasteiger partial charge in [-0.3, -0.25) is 9.59 Å². The van der Waals surface area contributed by atoms with Gasteiger partial charge in [0.15, 0.2) is 6.23 Å². The smallest absolute Gasteiger partial charge is 0.407 e. The second-order valence-corrected chi connectivity index (χ2v) is 16.2. The van der Waals surface area contributed by atoms with Crippen LogP contribution in [0.2, 0.25) is 0 Å². The molecule has 2 rings (SSSR count). The number of hydrogen-bond donors (Lipinski definition) is 5. The Hall–Kier alpha value is -2.73. The first-order chi connectivity index (χ1) is 27.8. The summed E-state index contributed by atoms with van der Waals surface area (Å²) in [5, 5.41) is 37.2. The number of nitrogens with zero attached hydrogens (tertiary/aromatic N) is 1. The summed E-state index contributed by atoms with van der Waals surface area (Å²) in [6.07, 6.45) is 24.0. The Morgan fingerprint density at radius 2 is 1.14 bits per heavy atom. The first-order valence-corrected chi connectivity index (χ1v) is 23.0. The molecule has 1 aromatic carbocycles. The molecule has 1 aromatic rings. The molecule has 57 heavy (non-hydrogen) atoms. The van der Waals surface area contributed by atoms with Crippen molar-refractivity contribution in [2.45, 2.75) is 218 Å². The summed E-state index contributed by atoms with van der Waals surface area (Å²) in [6, 6.07) is 7.97. The number of unbranched alkanes of at least 4 members (excludes halogenated alkanes) is 23. The van der Waals surface area contributed by atoms with Crippen molar-refractivity contribution < 1.29 is 39.2 Å². The van der Waals surface area contributed by atoms with Crippen LogP contribution in [0.1, 0.15) is 186 Å². The molecule has 0 unspecified atom stereocenters. The minimum Gasteiger partial charge on any atom is -0.445 e. The van der Waals surface area contributed by atoms with Gasteiger partial charge in [-0.05, 0) is 18.4 Å². The van der Waals surface area contributed by atoms with E-state index in [0.29, 0.717) is 13.0 Å². The second-order valence-electron chi connectivity index (χ2n) is 16.2. The van der Waals surface area contributed by atoms with Crippen LogP contribution in [0.4, 0.5) is 4.79 Å². The highest BCUT2D eigenvalue weighted by atomic mass is 16.6. The fourth-order valence-corrected chi connectivity index (χ4v) is 7.64. The van der Waals surface area contributed by atoms with E-state index in [0.717, 1.165) is 56.9 Å². The number of hydrogen-bond acceptors (Lipinski definition) is 8. The third-order valence-corrected chi connectivity index (χ3v) is 11.2. The fourth-order valence-electron chi connectivity index (χ4n) is 7.64. The third-order valence-electron chi connectivity index (χ3n) is 11.2. The molecular formula is C46H81N3O8. The summed E-state index contributed by atoms with van der Waals surface area (Å²) >= 11 is 0. The lowest BCUT2D eigenvalue weighted by Gasteiger charge is -2.47. The molecule has 1 heterocycles. The topological polar surface area (TPSA) is 158 Å². The molecular weight excluding hydrogens is 723 g/mol. The van der Waals surface area contributed by atoms with E-state index in [1.807, 2.05) is 30.3 Å². The lowest BCUT2D eigenvalue weighted by Crippen LogP contribution is -2.69. The Kier molecular flexibility index (Phi) is 29.3. The van der Waals surface area contributed by atoms with E-state index in [1.165, 1.54) is 109 Å². The summed E-state index contributed by atoms with van der Waals surface area (Å²) < 4.78 is 11.3. The van der Waals surface area contributed by atoms with Crippen molar-refractivity contribution in [2.24, 2.45) is 0 Å². The Bertz CT molecular complexity index is 1160. The van der Waals surface area contributed by atoms with E-state index in [-0.39, 0.29) is 12.5 Å². The maximum Gasteiger partial charge on any atom is 0.407 e. The van der Waals surface area contributed by atoms with Crippen molar-refractivity contribution >= 4 is 17.9 Å². The molecule has 1 fully saturated rings. The van der Waals surface area contributed by atoms with Crippen molar-refractivity contribution in [3.8, 4) is 0 Å². The summed E-state index contributed by atoms with van der Waals surface area (Å²) in [5.41, 5.74) is 0.798. The van der Waals surface area contributed by atoms with E-state index in [9.17, 15) is 29.7 Å². The van der Waals surface area contributed by atoms with Crippen LogP contribution in [0.3, 0.4) is 0 Å². The predicted molar refractivity (Wildman–Crippen MR) is 227 cm³/mol. The number of carbonyl (C=O) groups is 3. The zero-order valence-corrected chi connectivity index (χ0v) is 35.8. The highest BCUT2D eigenvalue weighted by molar-refractivity contribution is 5.82. The van der Waals surface area contributed by atoms with Crippen molar-refractivity contribution in [1.82, 2.24) is 15.5 Å².